The molecular weight excluding hydrogens is 314 g/mol. The van der Waals surface area contributed by atoms with Crippen LogP contribution in [0.25, 0.3) is 5.52 Å². The van der Waals surface area contributed by atoms with Gasteiger partial charge in [-0.1, -0.05) is 0 Å². The fraction of sp³-hybridized carbons (Fsp3) is 0.533. The summed E-state index contributed by atoms with van der Waals surface area (Å²) in [6.07, 6.45) is -0.637. The summed E-state index contributed by atoms with van der Waals surface area (Å²) >= 11 is 0. The molecule has 2 saturated heterocycles. The minimum Gasteiger partial charge on any atom is -0.394 e. The molecule has 2 aromatic heterocycles. The van der Waals surface area contributed by atoms with E-state index < -0.39 is 29.7 Å². The van der Waals surface area contributed by atoms with Crippen LogP contribution in [0, 0.1) is 11.3 Å². The van der Waals surface area contributed by atoms with Crippen LogP contribution in [0.15, 0.2) is 18.5 Å². The highest BCUT2D eigenvalue weighted by Crippen LogP contribution is 2.49. The van der Waals surface area contributed by atoms with Crippen LogP contribution < -0.4 is 5.73 Å². The van der Waals surface area contributed by atoms with E-state index in [1.54, 1.807) is 26.0 Å². The minimum atomic E-state index is -1.47. The quantitative estimate of drug-likeness (QED) is 0.783. The zero-order chi connectivity index (χ0) is 17.1. The Kier molecular flexibility index (Phi) is 3.10. The van der Waals surface area contributed by atoms with Crippen LogP contribution in [0.3, 0.4) is 0 Å². The van der Waals surface area contributed by atoms with Crippen molar-refractivity contribution in [1.29, 1.82) is 5.26 Å². The average Bonchev–Trinajstić information content (AvgIpc) is 3.18. The lowest BCUT2D eigenvalue weighted by molar-refractivity contribution is -0.204. The zero-order valence-corrected chi connectivity index (χ0v) is 13.2. The molecule has 9 heteroatoms. The lowest BCUT2D eigenvalue weighted by Gasteiger charge is -2.28. The number of ether oxygens (including phenoxy) is 3. The second kappa shape index (κ2) is 4.87. The smallest absolute Gasteiger partial charge is 0.226 e. The van der Waals surface area contributed by atoms with E-state index in [0.29, 0.717) is 17.0 Å². The molecule has 0 aliphatic carbocycles. The van der Waals surface area contributed by atoms with Crippen LogP contribution in [0.2, 0.25) is 0 Å². The summed E-state index contributed by atoms with van der Waals surface area (Å²) in [7, 11) is 0. The van der Waals surface area contributed by atoms with Crippen molar-refractivity contribution >= 4 is 11.3 Å². The van der Waals surface area contributed by atoms with E-state index in [2.05, 4.69) is 16.2 Å². The fourth-order valence-corrected chi connectivity index (χ4v) is 3.48. The predicted octanol–water partition coefficient (Wildman–Crippen LogP) is -0.0584. The molecule has 0 spiro atoms. The third-order valence-corrected chi connectivity index (χ3v) is 4.44. The Morgan fingerprint density at radius 3 is 2.88 bits per heavy atom. The van der Waals surface area contributed by atoms with Gasteiger partial charge in [0.1, 0.15) is 36.2 Å². The molecule has 4 rings (SSSR count). The molecular formula is C15H17N5O4. The van der Waals surface area contributed by atoms with Crippen molar-refractivity contribution < 1.29 is 19.3 Å². The topological polar surface area (TPSA) is 128 Å². The van der Waals surface area contributed by atoms with E-state index in [1.807, 2.05) is 0 Å². The number of nitrogens with zero attached hydrogens (tertiary/aromatic N) is 4. The van der Waals surface area contributed by atoms with E-state index in [9.17, 15) is 10.4 Å². The number of aromatic nitrogens is 3. The van der Waals surface area contributed by atoms with Gasteiger partial charge in [0.2, 0.25) is 5.60 Å². The highest BCUT2D eigenvalue weighted by Gasteiger charge is 2.65. The molecule has 126 valence electrons. The minimum absolute atomic E-state index is 0.287. The molecule has 1 unspecified atom stereocenters. The lowest BCUT2D eigenvalue weighted by atomic mass is 9.92. The molecule has 0 amide bonds. The maximum Gasteiger partial charge on any atom is 0.226 e. The summed E-state index contributed by atoms with van der Waals surface area (Å²) in [6.45, 7) is 3.24. The van der Waals surface area contributed by atoms with Gasteiger partial charge >= 0.3 is 0 Å². The van der Waals surface area contributed by atoms with Gasteiger partial charge in [-0.05, 0) is 26.0 Å². The van der Waals surface area contributed by atoms with Gasteiger partial charge in [-0.2, -0.15) is 10.4 Å². The van der Waals surface area contributed by atoms with E-state index in [-0.39, 0.29) is 6.61 Å². The first-order valence-corrected chi connectivity index (χ1v) is 7.56. The molecule has 0 saturated carbocycles. The molecule has 2 aliphatic rings. The van der Waals surface area contributed by atoms with Gasteiger partial charge in [0.25, 0.3) is 0 Å². The first-order valence-electron chi connectivity index (χ1n) is 7.56. The number of fused-ring (bicyclic) bond motifs is 2. The van der Waals surface area contributed by atoms with Crippen LogP contribution in [-0.4, -0.2) is 50.4 Å². The molecule has 4 atom stereocenters. The molecule has 0 bridgehead atoms. The maximum absolute atomic E-state index is 9.97. The largest absolute Gasteiger partial charge is 0.394 e. The zero-order valence-electron chi connectivity index (χ0n) is 13.2. The van der Waals surface area contributed by atoms with Gasteiger partial charge in [0.05, 0.1) is 12.3 Å². The molecule has 2 fully saturated rings. The summed E-state index contributed by atoms with van der Waals surface area (Å²) in [4.78, 5) is 3.94. The van der Waals surface area contributed by atoms with Crippen molar-refractivity contribution in [3.05, 3.63) is 24.2 Å². The summed E-state index contributed by atoms with van der Waals surface area (Å²) in [5, 5.41) is 23.8. The van der Waals surface area contributed by atoms with Gasteiger partial charge in [-0.3, -0.25) is 0 Å². The standard InChI is InChI=1S/C15H17N5O4/c1-14(2)23-11-9(5-21)22-15(6-16,12(11)24-14)10-4-3-8-13(17)18-7-19-20(8)10/h3-4,7,9,11-12,21H,5H2,1-2H3,(H2,17,18,19)/t9?,11-,12-,15+/m1/s1. The number of hydrogen-bond donors (Lipinski definition) is 2. The van der Waals surface area contributed by atoms with Crippen molar-refractivity contribution in [2.45, 2.75) is 43.5 Å². The SMILES string of the molecule is CC1(C)O[C@@H]2C(CO)O[C@@](C#N)(c3ccc4c(N)ncnn34)[C@@H]2O1. The highest BCUT2D eigenvalue weighted by molar-refractivity contribution is 5.66. The first-order chi connectivity index (χ1) is 11.4. The molecule has 3 N–H and O–H groups in total. The molecule has 4 heterocycles. The molecule has 2 aliphatic heterocycles. The van der Waals surface area contributed by atoms with Crippen LogP contribution in [0.5, 0.6) is 0 Å². The maximum atomic E-state index is 9.97. The Hall–Kier alpha value is -2.25. The predicted molar refractivity (Wildman–Crippen MR) is 80.5 cm³/mol. The highest BCUT2D eigenvalue weighted by atomic mass is 16.8. The molecule has 9 nitrogen and oxygen atoms in total. The number of nitrogens with two attached hydrogens (primary N) is 1. The fourth-order valence-electron chi connectivity index (χ4n) is 3.48. The van der Waals surface area contributed by atoms with Gasteiger partial charge in [0.15, 0.2) is 11.6 Å². The monoisotopic (exact) mass is 331 g/mol. The first kappa shape index (κ1) is 15.3. The Labute approximate surface area is 137 Å². The van der Waals surface area contributed by atoms with E-state index >= 15 is 0 Å². The second-order valence-corrected chi connectivity index (χ2v) is 6.37. The van der Waals surface area contributed by atoms with Crippen LogP contribution in [0.4, 0.5) is 5.82 Å². The number of anilines is 1. The van der Waals surface area contributed by atoms with Gasteiger partial charge < -0.3 is 25.1 Å². The van der Waals surface area contributed by atoms with Crippen molar-refractivity contribution in [3.8, 4) is 6.07 Å². The molecule has 24 heavy (non-hydrogen) atoms. The Morgan fingerprint density at radius 1 is 1.38 bits per heavy atom. The number of nitriles is 1. The third-order valence-electron chi connectivity index (χ3n) is 4.44. The summed E-state index contributed by atoms with van der Waals surface area (Å²) in [5.74, 6) is -0.586. The van der Waals surface area contributed by atoms with Crippen LogP contribution in [0.1, 0.15) is 19.5 Å². The van der Waals surface area contributed by atoms with Gasteiger partial charge in [0, 0.05) is 0 Å². The molecule has 0 aromatic carbocycles. The Morgan fingerprint density at radius 2 is 2.17 bits per heavy atom. The second-order valence-electron chi connectivity index (χ2n) is 6.37. The van der Waals surface area contributed by atoms with Crippen molar-refractivity contribution in [2.24, 2.45) is 0 Å². The van der Waals surface area contributed by atoms with Crippen LogP contribution >= 0.6 is 0 Å². The summed E-state index contributed by atoms with van der Waals surface area (Å²) in [5.41, 5.74) is 5.41. The van der Waals surface area contributed by atoms with E-state index in [0.717, 1.165) is 0 Å². The van der Waals surface area contributed by atoms with Crippen molar-refractivity contribution in [3.63, 3.8) is 0 Å². The Bertz CT molecular complexity index is 844. The number of nitrogen functional groups attached to an aromatic ring is 1. The van der Waals surface area contributed by atoms with E-state index in [4.69, 9.17) is 19.9 Å². The van der Waals surface area contributed by atoms with E-state index in [1.165, 1.54) is 10.8 Å². The number of aliphatic hydroxyl groups is 1. The third kappa shape index (κ3) is 1.88. The molecule has 0 radical (unpaired) electrons. The number of hydrogen-bond acceptors (Lipinski definition) is 8. The van der Waals surface area contributed by atoms with Crippen molar-refractivity contribution in [2.75, 3.05) is 12.3 Å². The Balaban J connectivity index is 1.90. The van der Waals surface area contributed by atoms with Gasteiger partial charge in [-0.15, -0.1) is 0 Å². The molecule has 2 aromatic rings. The normalized spacial score (nSPS) is 34.3. The number of aliphatic hydroxyl groups excluding tert-OH is 1. The number of rotatable bonds is 2. The summed E-state index contributed by atoms with van der Waals surface area (Å²) in [6, 6.07) is 5.63. The summed E-state index contributed by atoms with van der Waals surface area (Å²) < 4.78 is 19.2. The van der Waals surface area contributed by atoms with Gasteiger partial charge in [-0.25, -0.2) is 9.50 Å². The van der Waals surface area contributed by atoms with Crippen molar-refractivity contribution in [1.82, 2.24) is 14.6 Å². The van der Waals surface area contributed by atoms with Crippen LogP contribution in [-0.2, 0) is 19.8 Å². The average molecular weight is 331 g/mol. The lowest BCUT2D eigenvalue weighted by Crippen LogP contribution is -2.40.